The fourth-order valence-electron chi connectivity index (χ4n) is 8.23. The van der Waals surface area contributed by atoms with Crippen molar-refractivity contribution in [1.29, 1.82) is 0 Å². The Morgan fingerprint density at radius 1 is 0.478 bits per heavy atom. The number of hydrogen-bond acceptors (Lipinski definition) is 2. The maximum Gasteiger partial charge on any atom is 0.0517 e. The van der Waals surface area contributed by atoms with Crippen molar-refractivity contribution in [2.24, 2.45) is 0 Å². The van der Waals surface area contributed by atoms with Crippen LogP contribution in [0.25, 0.3) is 22.3 Å². The minimum absolute atomic E-state index is 0.0127. The van der Waals surface area contributed by atoms with Gasteiger partial charge in [-0.15, -0.1) is 0 Å². The van der Waals surface area contributed by atoms with Crippen LogP contribution in [0.15, 0.2) is 158 Å². The number of hydrogen-bond donors (Lipinski definition) is 0. The Hall–Kier alpha value is -5.08. The maximum absolute atomic E-state index is 2.67. The molecule has 6 aromatic rings. The molecule has 2 heteroatoms. The molecule has 0 aromatic heterocycles. The second kappa shape index (κ2) is 11.4. The van der Waals surface area contributed by atoms with Crippen LogP contribution >= 0.6 is 0 Å². The van der Waals surface area contributed by atoms with Crippen LogP contribution in [0.2, 0.25) is 0 Å². The Morgan fingerprint density at radius 2 is 0.978 bits per heavy atom. The van der Waals surface area contributed by atoms with Crippen molar-refractivity contribution in [3.63, 3.8) is 0 Å². The third kappa shape index (κ3) is 4.63. The molecule has 0 bridgehead atoms. The molecule has 2 unspecified atom stereocenters. The average Bonchev–Trinajstić information content (AvgIpc) is 3.33. The van der Waals surface area contributed by atoms with Crippen LogP contribution in [-0.4, -0.2) is 5.54 Å². The van der Waals surface area contributed by atoms with Gasteiger partial charge in [0, 0.05) is 33.9 Å². The van der Waals surface area contributed by atoms with E-state index in [2.05, 4.69) is 181 Å². The van der Waals surface area contributed by atoms with Gasteiger partial charge in [0.1, 0.15) is 0 Å². The lowest BCUT2D eigenvalue weighted by Gasteiger charge is -2.50. The van der Waals surface area contributed by atoms with Gasteiger partial charge in [0.25, 0.3) is 0 Å². The first-order valence-electron chi connectivity index (χ1n) is 16.7. The Balaban J connectivity index is 1.29. The van der Waals surface area contributed by atoms with E-state index in [-0.39, 0.29) is 11.0 Å². The molecule has 0 N–H and O–H groups in total. The van der Waals surface area contributed by atoms with Gasteiger partial charge in [-0.25, -0.2) is 0 Å². The van der Waals surface area contributed by atoms with E-state index in [1.807, 2.05) is 0 Å². The Morgan fingerprint density at radius 3 is 1.61 bits per heavy atom. The highest BCUT2D eigenvalue weighted by Gasteiger charge is 2.57. The zero-order chi connectivity index (χ0) is 31.1. The number of rotatable bonds is 6. The average molecular weight is 597 g/mol. The lowest BCUT2D eigenvalue weighted by atomic mass is 9.61. The van der Waals surface area contributed by atoms with Gasteiger partial charge in [-0.1, -0.05) is 129 Å². The highest BCUT2D eigenvalue weighted by molar-refractivity contribution is 5.85. The fourth-order valence-corrected chi connectivity index (χ4v) is 8.23. The molecular weight excluding hydrogens is 556 g/mol. The molecule has 1 fully saturated rings. The molecule has 0 radical (unpaired) electrons. The van der Waals surface area contributed by atoms with Gasteiger partial charge in [-0.05, 0) is 96.1 Å². The molecule has 1 heterocycles. The maximum atomic E-state index is 2.67. The van der Waals surface area contributed by atoms with Crippen LogP contribution in [0, 0.1) is 0 Å². The zero-order valence-electron chi connectivity index (χ0n) is 26.7. The molecule has 6 aromatic carbocycles. The first-order valence-corrected chi connectivity index (χ1v) is 16.7. The van der Waals surface area contributed by atoms with Crippen molar-refractivity contribution in [1.82, 2.24) is 0 Å². The minimum atomic E-state index is 0.0127. The van der Waals surface area contributed by atoms with E-state index in [4.69, 9.17) is 0 Å². The molecule has 2 aliphatic rings. The van der Waals surface area contributed by atoms with Gasteiger partial charge < -0.3 is 9.80 Å². The largest absolute Gasteiger partial charge is 0.334 e. The molecule has 8 rings (SSSR count). The number of fused-ring (bicyclic) bond motifs is 3. The second-order valence-corrected chi connectivity index (χ2v) is 13.4. The van der Waals surface area contributed by atoms with Crippen molar-refractivity contribution >= 4 is 28.4 Å². The molecule has 2 nitrogen and oxygen atoms in total. The molecule has 0 amide bonds. The van der Waals surface area contributed by atoms with E-state index >= 15 is 0 Å². The van der Waals surface area contributed by atoms with E-state index < -0.39 is 0 Å². The monoisotopic (exact) mass is 596 g/mol. The summed E-state index contributed by atoms with van der Waals surface area (Å²) in [6, 6.07) is 57.6. The summed E-state index contributed by atoms with van der Waals surface area (Å²) in [6.07, 6.45) is 4.96. The quantitative estimate of drug-likeness (QED) is 0.189. The minimum Gasteiger partial charge on any atom is -0.334 e. The Bertz CT molecular complexity index is 1920. The zero-order valence-corrected chi connectivity index (χ0v) is 26.7. The van der Waals surface area contributed by atoms with Gasteiger partial charge in [0.05, 0.1) is 5.54 Å². The standard InChI is InChI=1S/C44H40N2/c1-43-28-11-12-29-44(43,2)46(42-27-10-9-26-41(42)43)40-25-15-24-39(32-40)45(37-22-13-20-35(30-37)33-16-5-3-6-17-33)38-23-14-21-36(31-38)34-18-7-4-8-19-34/h3-10,13-27,30-32H,11-12,28-29H2,1-2H3. The highest BCUT2D eigenvalue weighted by Crippen LogP contribution is 2.60. The smallest absolute Gasteiger partial charge is 0.0517 e. The number of para-hydroxylation sites is 1. The lowest BCUT2D eigenvalue weighted by molar-refractivity contribution is 0.195. The van der Waals surface area contributed by atoms with Crippen LogP contribution in [0.3, 0.4) is 0 Å². The van der Waals surface area contributed by atoms with E-state index in [0.717, 1.165) is 17.1 Å². The van der Waals surface area contributed by atoms with E-state index in [9.17, 15) is 0 Å². The number of nitrogens with zero attached hydrogens (tertiary/aromatic N) is 2. The van der Waals surface area contributed by atoms with Crippen molar-refractivity contribution in [3.05, 3.63) is 163 Å². The predicted octanol–water partition coefficient (Wildman–Crippen LogP) is 12.2. The topological polar surface area (TPSA) is 6.48 Å². The third-order valence-corrected chi connectivity index (χ3v) is 10.8. The van der Waals surface area contributed by atoms with Crippen LogP contribution in [0.4, 0.5) is 28.4 Å². The highest BCUT2D eigenvalue weighted by atomic mass is 15.3. The SMILES string of the molecule is CC12CCCCC1(C)N(c1cccc(N(c3cccc(-c4ccccc4)c3)c3cccc(-c4ccccc4)c3)c1)c1ccccc12. The van der Waals surface area contributed by atoms with Crippen molar-refractivity contribution in [2.75, 3.05) is 9.80 Å². The van der Waals surface area contributed by atoms with Gasteiger partial charge in [0.2, 0.25) is 0 Å². The summed E-state index contributed by atoms with van der Waals surface area (Å²) in [5, 5.41) is 0. The van der Waals surface area contributed by atoms with Crippen molar-refractivity contribution < 1.29 is 0 Å². The molecule has 2 atom stereocenters. The summed E-state index contributed by atoms with van der Waals surface area (Å²) in [6.45, 7) is 5.01. The summed E-state index contributed by atoms with van der Waals surface area (Å²) in [5.74, 6) is 0. The summed E-state index contributed by atoms with van der Waals surface area (Å²) < 4.78 is 0. The van der Waals surface area contributed by atoms with Crippen LogP contribution in [0.1, 0.15) is 45.1 Å². The number of anilines is 5. The molecular formula is C44H40N2. The summed E-state index contributed by atoms with van der Waals surface area (Å²) in [4.78, 5) is 5.09. The molecule has 226 valence electrons. The van der Waals surface area contributed by atoms with E-state index in [1.165, 1.54) is 64.9 Å². The summed E-state index contributed by atoms with van der Waals surface area (Å²) >= 11 is 0. The van der Waals surface area contributed by atoms with Crippen molar-refractivity contribution in [3.8, 4) is 22.3 Å². The van der Waals surface area contributed by atoms with Gasteiger partial charge in [-0.2, -0.15) is 0 Å². The first-order chi connectivity index (χ1) is 22.5. The summed E-state index contributed by atoms with van der Waals surface area (Å²) in [5.41, 5.74) is 12.5. The fraction of sp³-hybridized carbons (Fsp3) is 0.182. The number of benzene rings is 6. The summed E-state index contributed by atoms with van der Waals surface area (Å²) in [7, 11) is 0. The third-order valence-electron chi connectivity index (χ3n) is 10.8. The molecule has 46 heavy (non-hydrogen) atoms. The van der Waals surface area contributed by atoms with Crippen LogP contribution in [0.5, 0.6) is 0 Å². The van der Waals surface area contributed by atoms with Crippen LogP contribution < -0.4 is 9.80 Å². The molecule has 1 aliphatic heterocycles. The molecule has 1 aliphatic carbocycles. The van der Waals surface area contributed by atoms with Crippen LogP contribution in [-0.2, 0) is 5.41 Å². The van der Waals surface area contributed by atoms with E-state index in [0.29, 0.717) is 0 Å². The second-order valence-electron chi connectivity index (χ2n) is 13.4. The Kier molecular flexibility index (Phi) is 7.02. The van der Waals surface area contributed by atoms with Gasteiger partial charge >= 0.3 is 0 Å². The Labute approximate surface area is 273 Å². The predicted molar refractivity (Wildman–Crippen MR) is 195 cm³/mol. The van der Waals surface area contributed by atoms with Gasteiger partial charge in [0.15, 0.2) is 0 Å². The van der Waals surface area contributed by atoms with Crippen molar-refractivity contribution in [2.45, 2.75) is 50.5 Å². The molecule has 1 saturated carbocycles. The lowest BCUT2D eigenvalue weighted by Crippen LogP contribution is -2.54. The molecule has 0 spiro atoms. The van der Waals surface area contributed by atoms with Gasteiger partial charge in [-0.3, -0.25) is 0 Å². The normalized spacial score (nSPS) is 20.2. The van der Waals surface area contributed by atoms with E-state index in [1.54, 1.807) is 0 Å². The molecule has 0 saturated heterocycles. The first kappa shape index (κ1) is 28.4.